The largest absolute Gasteiger partial charge is 0.409 e. The maximum absolute atomic E-state index is 8.46. The van der Waals surface area contributed by atoms with Crippen LogP contribution in [0.1, 0.15) is 26.0 Å². The van der Waals surface area contributed by atoms with Gasteiger partial charge in [-0.1, -0.05) is 12.1 Å². The van der Waals surface area contributed by atoms with E-state index in [4.69, 9.17) is 10.9 Å². The Morgan fingerprint density at radius 2 is 2.38 bits per heavy atom. The van der Waals surface area contributed by atoms with Gasteiger partial charge in [-0.2, -0.15) is 0 Å². The lowest BCUT2D eigenvalue weighted by atomic mass is 10.3. The second-order valence-corrected chi connectivity index (χ2v) is 4.23. The number of anilines is 1. The number of oxime groups is 1. The van der Waals surface area contributed by atoms with Gasteiger partial charge in [-0.3, -0.25) is 0 Å². The number of hydrogen-bond donors (Lipinski definition) is 2. The number of amidine groups is 1. The molecule has 6 heteroatoms. The second-order valence-electron chi connectivity index (χ2n) is 3.40. The quantitative estimate of drug-likeness (QED) is 0.344. The van der Waals surface area contributed by atoms with Gasteiger partial charge in [0, 0.05) is 24.9 Å². The zero-order valence-electron chi connectivity index (χ0n) is 9.68. The van der Waals surface area contributed by atoms with Gasteiger partial charge in [0.1, 0.15) is 5.84 Å². The van der Waals surface area contributed by atoms with Crippen molar-refractivity contribution in [2.75, 3.05) is 18.0 Å². The van der Waals surface area contributed by atoms with E-state index >= 15 is 0 Å². The average Bonchev–Trinajstić information content (AvgIpc) is 2.78. The molecule has 0 fully saturated rings. The Kier molecular flexibility index (Phi) is 5.04. The predicted octanol–water partition coefficient (Wildman–Crippen LogP) is 1.67. The number of nitrogens with two attached hydrogens (primary N) is 1. The molecular formula is C10H18N4OS. The molecule has 0 aromatic carbocycles. The highest BCUT2D eigenvalue weighted by Gasteiger charge is 2.09. The van der Waals surface area contributed by atoms with E-state index in [-0.39, 0.29) is 5.84 Å². The molecule has 0 atom stereocenters. The smallest absolute Gasteiger partial charge is 0.185 e. The van der Waals surface area contributed by atoms with Gasteiger partial charge in [0.25, 0.3) is 0 Å². The van der Waals surface area contributed by atoms with Crippen LogP contribution in [0, 0.1) is 0 Å². The molecule has 0 saturated carbocycles. The summed E-state index contributed by atoms with van der Waals surface area (Å²) in [6.07, 6.45) is 1.50. The summed E-state index contributed by atoms with van der Waals surface area (Å²) < 4.78 is 0. The van der Waals surface area contributed by atoms with E-state index in [0.717, 1.165) is 30.3 Å². The van der Waals surface area contributed by atoms with Crippen molar-refractivity contribution in [1.82, 2.24) is 4.98 Å². The van der Waals surface area contributed by atoms with Crippen LogP contribution in [0.5, 0.6) is 0 Å². The highest BCUT2D eigenvalue weighted by molar-refractivity contribution is 7.13. The SMILES string of the molecule is CCc1csc(N(CC)CCC(N)=NO)n1. The molecule has 90 valence electrons. The third-order valence-electron chi connectivity index (χ3n) is 2.32. The summed E-state index contributed by atoms with van der Waals surface area (Å²) >= 11 is 1.64. The number of thiazole rings is 1. The highest BCUT2D eigenvalue weighted by Crippen LogP contribution is 2.20. The molecule has 3 N–H and O–H groups in total. The molecule has 0 radical (unpaired) electrons. The first-order valence-corrected chi connectivity index (χ1v) is 6.25. The number of aryl methyl sites for hydroxylation is 1. The van der Waals surface area contributed by atoms with Crippen molar-refractivity contribution in [2.45, 2.75) is 26.7 Å². The van der Waals surface area contributed by atoms with E-state index in [9.17, 15) is 0 Å². The lowest BCUT2D eigenvalue weighted by Crippen LogP contribution is -2.27. The van der Waals surface area contributed by atoms with Crippen LogP contribution >= 0.6 is 11.3 Å². The first kappa shape index (κ1) is 12.8. The number of nitrogens with zero attached hydrogens (tertiary/aromatic N) is 3. The van der Waals surface area contributed by atoms with E-state index in [2.05, 4.69) is 34.3 Å². The molecule has 0 amide bonds. The molecule has 1 heterocycles. The fraction of sp³-hybridized carbons (Fsp3) is 0.600. The highest BCUT2D eigenvalue weighted by atomic mass is 32.1. The Balaban J connectivity index is 2.60. The molecule has 5 nitrogen and oxygen atoms in total. The summed E-state index contributed by atoms with van der Waals surface area (Å²) in [7, 11) is 0. The van der Waals surface area contributed by atoms with Crippen molar-refractivity contribution in [1.29, 1.82) is 0 Å². The summed E-state index contributed by atoms with van der Waals surface area (Å²) in [5.74, 6) is 0.255. The normalized spacial score (nSPS) is 11.8. The maximum atomic E-state index is 8.46. The second kappa shape index (κ2) is 6.32. The molecule has 0 bridgehead atoms. The summed E-state index contributed by atoms with van der Waals surface area (Å²) in [5.41, 5.74) is 6.55. The van der Waals surface area contributed by atoms with Crippen molar-refractivity contribution in [2.24, 2.45) is 10.9 Å². The van der Waals surface area contributed by atoms with Crippen LogP contribution in [0.25, 0.3) is 0 Å². The molecule has 0 spiro atoms. The fourth-order valence-corrected chi connectivity index (χ4v) is 2.29. The first-order chi connectivity index (χ1) is 7.71. The van der Waals surface area contributed by atoms with Crippen LogP contribution < -0.4 is 10.6 Å². The van der Waals surface area contributed by atoms with Crippen molar-refractivity contribution in [3.8, 4) is 0 Å². The van der Waals surface area contributed by atoms with Crippen LogP contribution in [0.3, 0.4) is 0 Å². The van der Waals surface area contributed by atoms with Crippen molar-refractivity contribution >= 4 is 22.3 Å². The van der Waals surface area contributed by atoms with Gasteiger partial charge in [-0.05, 0) is 13.3 Å². The topological polar surface area (TPSA) is 74.7 Å². The minimum atomic E-state index is 0.255. The van der Waals surface area contributed by atoms with Crippen LogP contribution in [0.2, 0.25) is 0 Å². The van der Waals surface area contributed by atoms with E-state index in [1.807, 2.05) is 0 Å². The minimum Gasteiger partial charge on any atom is -0.409 e. The summed E-state index contributed by atoms with van der Waals surface area (Å²) in [6.45, 7) is 5.75. The average molecular weight is 242 g/mol. The summed E-state index contributed by atoms with van der Waals surface area (Å²) in [5, 5.41) is 14.5. The van der Waals surface area contributed by atoms with Gasteiger partial charge in [-0.15, -0.1) is 11.3 Å². The zero-order valence-corrected chi connectivity index (χ0v) is 10.5. The lowest BCUT2D eigenvalue weighted by molar-refractivity contribution is 0.317. The third kappa shape index (κ3) is 3.37. The molecule has 16 heavy (non-hydrogen) atoms. The molecular weight excluding hydrogens is 224 g/mol. The van der Waals surface area contributed by atoms with Crippen LogP contribution in [-0.4, -0.2) is 29.1 Å². The van der Waals surface area contributed by atoms with E-state index in [1.165, 1.54) is 0 Å². The summed E-state index contributed by atoms with van der Waals surface area (Å²) in [6, 6.07) is 0. The molecule has 1 aromatic heterocycles. The molecule has 0 aliphatic carbocycles. The Hall–Kier alpha value is -1.30. The molecule has 1 rings (SSSR count). The van der Waals surface area contributed by atoms with Gasteiger partial charge < -0.3 is 15.8 Å². The van der Waals surface area contributed by atoms with Crippen LogP contribution in [0.4, 0.5) is 5.13 Å². The summed E-state index contributed by atoms with van der Waals surface area (Å²) in [4.78, 5) is 6.63. The van der Waals surface area contributed by atoms with E-state index in [0.29, 0.717) is 6.42 Å². The van der Waals surface area contributed by atoms with Gasteiger partial charge in [0.2, 0.25) is 0 Å². The van der Waals surface area contributed by atoms with Gasteiger partial charge in [0.15, 0.2) is 5.13 Å². The number of rotatable bonds is 6. The fourth-order valence-electron chi connectivity index (χ4n) is 1.29. The van der Waals surface area contributed by atoms with Crippen LogP contribution in [-0.2, 0) is 6.42 Å². The predicted molar refractivity (Wildman–Crippen MR) is 67.4 cm³/mol. The Labute approximate surface area is 99.6 Å². The van der Waals surface area contributed by atoms with E-state index in [1.54, 1.807) is 11.3 Å². The number of hydrogen-bond acceptors (Lipinski definition) is 5. The van der Waals surface area contributed by atoms with Gasteiger partial charge in [0.05, 0.1) is 5.69 Å². The Morgan fingerprint density at radius 1 is 1.62 bits per heavy atom. The monoisotopic (exact) mass is 242 g/mol. The molecule has 0 unspecified atom stereocenters. The Morgan fingerprint density at radius 3 is 2.88 bits per heavy atom. The maximum Gasteiger partial charge on any atom is 0.185 e. The van der Waals surface area contributed by atoms with Crippen LogP contribution in [0.15, 0.2) is 10.5 Å². The van der Waals surface area contributed by atoms with Crippen molar-refractivity contribution in [3.05, 3.63) is 11.1 Å². The minimum absolute atomic E-state index is 0.255. The number of aromatic nitrogens is 1. The molecule has 1 aromatic rings. The standard InChI is InChI=1S/C10H18N4OS/c1-3-8-7-16-10(12-8)14(4-2)6-5-9(11)13-15/h7,15H,3-6H2,1-2H3,(H2,11,13). The Bertz CT molecular complexity index is 350. The zero-order chi connectivity index (χ0) is 12.0. The van der Waals surface area contributed by atoms with Crippen molar-refractivity contribution < 1.29 is 5.21 Å². The van der Waals surface area contributed by atoms with Crippen molar-refractivity contribution in [3.63, 3.8) is 0 Å². The lowest BCUT2D eigenvalue weighted by Gasteiger charge is -2.19. The van der Waals surface area contributed by atoms with Gasteiger partial charge in [-0.25, -0.2) is 4.98 Å². The molecule has 0 saturated heterocycles. The van der Waals surface area contributed by atoms with E-state index < -0.39 is 0 Å². The first-order valence-electron chi connectivity index (χ1n) is 5.37. The van der Waals surface area contributed by atoms with Gasteiger partial charge >= 0.3 is 0 Å². The molecule has 0 aliphatic heterocycles. The molecule has 0 aliphatic rings. The third-order valence-corrected chi connectivity index (χ3v) is 3.27.